The molecule has 0 saturated carbocycles. The minimum atomic E-state index is -1.03. The molecule has 132 valence electrons. The lowest BCUT2D eigenvalue weighted by atomic mass is 9.85. The molecule has 0 aliphatic carbocycles. The highest BCUT2D eigenvalue weighted by Gasteiger charge is 2.37. The number of nitrogens with two attached hydrogens (primary N) is 4. The number of nitrogens with zero attached hydrogens (tertiary/aromatic N) is 4. The van der Waals surface area contributed by atoms with Crippen molar-refractivity contribution < 1.29 is 9.59 Å². The minimum absolute atomic E-state index is 0.0145. The van der Waals surface area contributed by atoms with E-state index in [1.54, 1.807) is 30.3 Å². The van der Waals surface area contributed by atoms with Gasteiger partial charge in [0.05, 0.1) is 29.2 Å². The summed E-state index contributed by atoms with van der Waals surface area (Å²) in [6.45, 7) is 0. The van der Waals surface area contributed by atoms with Gasteiger partial charge in [-0.2, -0.15) is 10.5 Å². The third-order valence-electron chi connectivity index (χ3n) is 3.52. The Morgan fingerprint density at radius 1 is 0.923 bits per heavy atom. The molecule has 11 heteroatoms. The number of thioether (sulfide) groups is 1. The quantitative estimate of drug-likeness (QED) is 0.338. The number of carbonyl (C=O) groups excluding carboxylic acids is 2. The van der Waals surface area contributed by atoms with E-state index in [-0.39, 0.29) is 21.2 Å². The lowest BCUT2D eigenvalue weighted by molar-refractivity contribution is 0.223. The summed E-state index contributed by atoms with van der Waals surface area (Å²) >= 11 is 0.683. The Kier molecular flexibility index (Phi) is 5.49. The Balaban J connectivity index is 2.79. The number of hydrogen-bond acceptors (Lipinski definition) is 7. The number of hydrazine groups is 2. The fraction of sp³-hybridized carbons (Fsp3) is 0.0667. The van der Waals surface area contributed by atoms with Gasteiger partial charge in [0.2, 0.25) is 0 Å². The van der Waals surface area contributed by atoms with Crippen molar-refractivity contribution in [3.63, 3.8) is 0 Å². The van der Waals surface area contributed by atoms with Crippen molar-refractivity contribution in [3.05, 3.63) is 57.1 Å². The number of amides is 4. The van der Waals surface area contributed by atoms with E-state index in [1.165, 1.54) is 0 Å². The van der Waals surface area contributed by atoms with E-state index >= 15 is 0 Å². The highest BCUT2D eigenvalue weighted by molar-refractivity contribution is 8.06. The van der Waals surface area contributed by atoms with Crippen molar-refractivity contribution in [1.82, 2.24) is 10.0 Å². The molecule has 4 amide bonds. The second-order valence-electron chi connectivity index (χ2n) is 5.02. The van der Waals surface area contributed by atoms with Gasteiger partial charge in [-0.1, -0.05) is 30.3 Å². The van der Waals surface area contributed by atoms with Gasteiger partial charge in [0.25, 0.3) is 0 Å². The van der Waals surface area contributed by atoms with Crippen LogP contribution in [0.15, 0.2) is 51.5 Å². The van der Waals surface area contributed by atoms with Crippen LogP contribution in [0.5, 0.6) is 0 Å². The number of primary amides is 2. The lowest BCUT2D eigenvalue weighted by Crippen LogP contribution is -2.44. The third kappa shape index (κ3) is 3.31. The second-order valence-corrected chi connectivity index (χ2v) is 6.00. The van der Waals surface area contributed by atoms with Gasteiger partial charge in [0.15, 0.2) is 0 Å². The first kappa shape index (κ1) is 18.8. The molecule has 1 heterocycles. The summed E-state index contributed by atoms with van der Waals surface area (Å²) in [5, 5.41) is 20.3. The van der Waals surface area contributed by atoms with Crippen molar-refractivity contribution in [2.24, 2.45) is 23.2 Å². The van der Waals surface area contributed by atoms with Crippen molar-refractivity contribution in [3.8, 4) is 12.1 Å². The fourth-order valence-corrected chi connectivity index (χ4v) is 3.46. The maximum absolute atomic E-state index is 11.5. The summed E-state index contributed by atoms with van der Waals surface area (Å²) in [6.07, 6.45) is 0. The second kappa shape index (κ2) is 7.58. The van der Waals surface area contributed by atoms with Crippen LogP contribution in [0.4, 0.5) is 9.59 Å². The molecule has 0 bridgehead atoms. The first-order valence-electron chi connectivity index (χ1n) is 7.03. The number of nitriles is 2. The third-order valence-corrected chi connectivity index (χ3v) is 4.74. The molecule has 0 aromatic heterocycles. The Morgan fingerprint density at radius 3 is 1.69 bits per heavy atom. The van der Waals surface area contributed by atoms with Crippen molar-refractivity contribution in [2.45, 2.75) is 5.92 Å². The molecule has 10 nitrogen and oxygen atoms in total. The molecule has 26 heavy (non-hydrogen) atoms. The number of hydrogen-bond donors (Lipinski definition) is 4. The Bertz CT molecular complexity index is 842. The monoisotopic (exact) mass is 370 g/mol. The zero-order valence-electron chi connectivity index (χ0n) is 13.3. The maximum atomic E-state index is 11.5. The largest absolute Gasteiger partial charge is 0.350 e. The summed E-state index contributed by atoms with van der Waals surface area (Å²) in [5.74, 6) is 10.4. The summed E-state index contributed by atoms with van der Waals surface area (Å²) in [4.78, 5) is 23.0. The topological polar surface area (TPSA) is 192 Å². The molecule has 1 aromatic carbocycles. The van der Waals surface area contributed by atoms with Crippen LogP contribution in [0.2, 0.25) is 0 Å². The van der Waals surface area contributed by atoms with E-state index in [4.69, 9.17) is 23.2 Å². The molecule has 0 radical (unpaired) electrons. The average Bonchev–Trinajstić information content (AvgIpc) is 2.65. The zero-order chi connectivity index (χ0) is 19.4. The predicted octanol–water partition coefficient (Wildman–Crippen LogP) is 0.496. The molecule has 0 unspecified atom stereocenters. The molecule has 0 saturated heterocycles. The van der Waals surface area contributed by atoms with Gasteiger partial charge in [0, 0.05) is 0 Å². The van der Waals surface area contributed by atoms with Gasteiger partial charge in [-0.3, -0.25) is 0 Å². The molecule has 0 fully saturated rings. The standard InChI is InChI=1S/C15H14N8O2S/c16-6-9-11(8-4-2-1-3-5-8)10(7-17)13(23(21)15(19)25)26-12(9)22(20)14(18)24/h1-5,11H,20-21H2,(H2,18,24)(H2,19,25). The number of rotatable bonds is 3. The van der Waals surface area contributed by atoms with Gasteiger partial charge in [-0.25, -0.2) is 31.3 Å². The van der Waals surface area contributed by atoms with Crippen molar-refractivity contribution in [2.75, 3.05) is 0 Å². The number of carbonyl (C=O) groups is 2. The maximum Gasteiger partial charge on any atom is 0.334 e. The molecule has 1 aromatic rings. The molecule has 8 N–H and O–H groups in total. The lowest BCUT2D eigenvalue weighted by Gasteiger charge is -2.31. The van der Waals surface area contributed by atoms with Gasteiger partial charge in [-0.15, -0.1) is 0 Å². The van der Waals surface area contributed by atoms with Crippen LogP contribution in [-0.2, 0) is 0 Å². The Morgan fingerprint density at radius 2 is 1.35 bits per heavy atom. The molecule has 0 spiro atoms. The zero-order valence-corrected chi connectivity index (χ0v) is 14.1. The van der Waals surface area contributed by atoms with Gasteiger partial charge in [-0.05, 0) is 17.3 Å². The fourth-order valence-electron chi connectivity index (χ4n) is 2.35. The SMILES string of the molecule is N#CC1=C(N(N)C(N)=O)SC(N(N)C(N)=O)=C(C#N)C1c1ccccc1. The van der Waals surface area contributed by atoms with Crippen LogP contribution in [0.1, 0.15) is 11.5 Å². The Labute approximate surface area is 152 Å². The van der Waals surface area contributed by atoms with Crippen LogP contribution in [-0.4, -0.2) is 22.1 Å². The minimum Gasteiger partial charge on any atom is -0.350 e. The number of urea groups is 2. The van der Waals surface area contributed by atoms with Gasteiger partial charge >= 0.3 is 12.1 Å². The van der Waals surface area contributed by atoms with E-state index in [9.17, 15) is 20.1 Å². The first-order chi connectivity index (χ1) is 12.3. The summed E-state index contributed by atoms with van der Waals surface area (Å²) in [6, 6.07) is 10.4. The van der Waals surface area contributed by atoms with Crippen LogP contribution in [0.3, 0.4) is 0 Å². The predicted molar refractivity (Wildman–Crippen MR) is 93.3 cm³/mol. The van der Waals surface area contributed by atoms with E-state index in [0.29, 0.717) is 27.3 Å². The molecule has 1 aliphatic rings. The van der Waals surface area contributed by atoms with Crippen molar-refractivity contribution in [1.29, 1.82) is 10.5 Å². The van der Waals surface area contributed by atoms with Crippen LogP contribution >= 0.6 is 11.8 Å². The van der Waals surface area contributed by atoms with Crippen LogP contribution in [0, 0.1) is 22.7 Å². The average molecular weight is 370 g/mol. The summed E-state index contributed by atoms with van der Waals surface area (Å²) in [5.41, 5.74) is 11.0. The van der Waals surface area contributed by atoms with Crippen LogP contribution < -0.4 is 23.2 Å². The molecule has 2 rings (SSSR count). The molecular formula is C15H14N8O2S. The molecular weight excluding hydrogens is 356 g/mol. The smallest absolute Gasteiger partial charge is 0.334 e. The number of benzene rings is 1. The van der Waals surface area contributed by atoms with Gasteiger partial charge < -0.3 is 11.5 Å². The normalized spacial score (nSPS) is 14.5. The van der Waals surface area contributed by atoms with Crippen molar-refractivity contribution >= 4 is 23.8 Å². The van der Waals surface area contributed by atoms with E-state index in [1.807, 2.05) is 12.1 Å². The summed E-state index contributed by atoms with van der Waals surface area (Å²) < 4.78 is 0. The highest BCUT2D eigenvalue weighted by atomic mass is 32.2. The van der Waals surface area contributed by atoms with E-state index in [0.717, 1.165) is 0 Å². The first-order valence-corrected chi connectivity index (χ1v) is 7.85. The van der Waals surface area contributed by atoms with Crippen LogP contribution in [0.25, 0.3) is 0 Å². The Hall–Kier alpha value is -3.51. The van der Waals surface area contributed by atoms with E-state index < -0.39 is 18.0 Å². The van der Waals surface area contributed by atoms with E-state index in [2.05, 4.69) is 0 Å². The number of allylic oxidation sites excluding steroid dienone is 2. The molecule has 1 aliphatic heterocycles. The molecule has 0 atom stereocenters. The highest BCUT2D eigenvalue weighted by Crippen LogP contribution is 2.47. The summed E-state index contributed by atoms with van der Waals surface area (Å²) in [7, 11) is 0. The van der Waals surface area contributed by atoms with Gasteiger partial charge in [0.1, 0.15) is 10.1 Å².